The number of nitrogens with one attached hydrogen (secondary N) is 2. The van der Waals surface area contributed by atoms with Gasteiger partial charge >= 0.3 is 0 Å². The van der Waals surface area contributed by atoms with Crippen LogP contribution in [0.5, 0.6) is 5.75 Å². The van der Waals surface area contributed by atoms with Crippen LogP contribution < -0.4 is 15.4 Å². The minimum absolute atomic E-state index is 0.510. The maximum Gasteiger partial charge on any atom is 0.176 e. The Balaban J connectivity index is 1.96. The first-order valence-corrected chi connectivity index (χ1v) is 6.82. The molecule has 0 saturated heterocycles. The molecule has 0 aliphatic carbocycles. The van der Waals surface area contributed by atoms with Crippen LogP contribution in [0.4, 0.5) is 11.5 Å². The van der Waals surface area contributed by atoms with Crippen molar-refractivity contribution in [3.05, 3.63) is 48.2 Å². The number of aryl methyl sites for hydroxylation is 1. The van der Waals surface area contributed by atoms with Gasteiger partial charge in [0, 0.05) is 11.9 Å². The third-order valence-corrected chi connectivity index (χ3v) is 2.87. The molecule has 20 heavy (non-hydrogen) atoms. The van der Waals surface area contributed by atoms with Crippen LogP contribution in [-0.2, 0) is 0 Å². The normalized spacial score (nSPS) is 9.90. The van der Waals surface area contributed by atoms with Gasteiger partial charge < -0.3 is 15.4 Å². The number of aromatic nitrogens is 1. The van der Waals surface area contributed by atoms with E-state index in [1.54, 1.807) is 6.20 Å². The number of thiocarbonyl (C=S) groups is 1. The summed E-state index contributed by atoms with van der Waals surface area (Å²) in [7, 11) is 0. The molecule has 2 N–H and O–H groups in total. The van der Waals surface area contributed by atoms with E-state index in [4.69, 9.17) is 17.0 Å². The molecule has 0 radical (unpaired) electrons. The predicted molar refractivity (Wildman–Crippen MR) is 86.4 cm³/mol. The number of nitrogens with zero attached hydrogens (tertiary/aromatic N) is 1. The lowest BCUT2D eigenvalue weighted by molar-refractivity contribution is 0.340. The molecule has 2 aromatic rings. The summed E-state index contributed by atoms with van der Waals surface area (Å²) in [6.45, 7) is 4.60. The highest BCUT2D eigenvalue weighted by atomic mass is 32.1. The molecule has 0 amide bonds. The second-order valence-corrected chi connectivity index (χ2v) is 4.61. The van der Waals surface area contributed by atoms with Crippen molar-refractivity contribution in [1.29, 1.82) is 0 Å². The Hall–Kier alpha value is -2.14. The van der Waals surface area contributed by atoms with E-state index in [9.17, 15) is 0 Å². The number of anilines is 2. The molecule has 1 aromatic heterocycles. The zero-order chi connectivity index (χ0) is 14.4. The molecule has 1 heterocycles. The Morgan fingerprint density at radius 2 is 1.95 bits per heavy atom. The third kappa shape index (κ3) is 3.93. The van der Waals surface area contributed by atoms with Gasteiger partial charge in [0.05, 0.1) is 6.61 Å². The fourth-order valence-corrected chi connectivity index (χ4v) is 1.90. The number of hydrogen-bond acceptors (Lipinski definition) is 3. The van der Waals surface area contributed by atoms with Crippen LogP contribution in [0.3, 0.4) is 0 Å². The standard InChI is InChI=1S/C15H17N3OS/c1-3-19-13-8-6-12(7-9-13)17-15(20)18-14-11(2)5-4-10-16-14/h4-10H,3H2,1-2H3,(H2,16,17,18,20). The van der Waals surface area contributed by atoms with Gasteiger partial charge in [-0.05, 0) is 62.0 Å². The first kappa shape index (κ1) is 14.3. The topological polar surface area (TPSA) is 46.2 Å². The van der Waals surface area contributed by atoms with Crippen molar-refractivity contribution in [2.75, 3.05) is 17.2 Å². The lowest BCUT2D eigenvalue weighted by atomic mass is 10.3. The van der Waals surface area contributed by atoms with Crippen molar-refractivity contribution in [3.8, 4) is 5.75 Å². The van der Waals surface area contributed by atoms with Crippen molar-refractivity contribution in [1.82, 2.24) is 4.98 Å². The van der Waals surface area contributed by atoms with E-state index in [-0.39, 0.29) is 0 Å². The number of hydrogen-bond donors (Lipinski definition) is 2. The molecule has 0 saturated carbocycles. The van der Waals surface area contributed by atoms with Gasteiger partial charge in [-0.2, -0.15) is 0 Å². The van der Waals surface area contributed by atoms with E-state index < -0.39 is 0 Å². The van der Waals surface area contributed by atoms with Gasteiger partial charge in [0.1, 0.15) is 11.6 Å². The van der Waals surface area contributed by atoms with Gasteiger partial charge in [0.2, 0.25) is 0 Å². The smallest absolute Gasteiger partial charge is 0.176 e. The molecule has 5 heteroatoms. The first-order chi connectivity index (χ1) is 9.69. The van der Waals surface area contributed by atoms with Crippen LogP contribution in [0.25, 0.3) is 0 Å². The number of benzene rings is 1. The van der Waals surface area contributed by atoms with E-state index >= 15 is 0 Å². The number of ether oxygens (including phenoxy) is 1. The molecule has 0 bridgehead atoms. The maximum absolute atomic E-state index is 5.39. The first-order valence-electron chi connectivity index (χ1n) is 6.41. The van der Waals surface area contributed by atoms with E-state index in [1.807, 2.05) is 50.2 Å². The van der Waals surface area contributed by atoms with Gasteiger partial charge in [0.15, 0.2) is 5.11 Å². The van der Waals surface area contributed by atoms with Gasteiger partial charge in [-0.15, -0.1) is 0 Å². The second-order valence-electron chi connectivity index (χ2n) is 4.21. The van der Waals surface area contributed by atoms with E-state index in [2.05, 4.69) is 15.6 Å². The van der Waals surface area contributed by atoms with Gasteiger partial charge in [-0.3, -0.25) is 0 Å². The molecule has 0 atom stereocenters. The van der Waals surface area contributed by atoms with E-state index in [0.717, 1.165) is 22.8 Å². The zero-order valence-corrected chi connectivity index (χ0v) is 12.3. The van der Waals surface area contributed by atoms with Crippen LogP contribution in [0.1, 0.15) is 12.5 Å². The fourth-order valence-electron chi connectivity index (χ4n) is 1.69. The van der Waals surface area contributed by atoms with Crippen LogP contribution >= 0.6 is 12.2 Å². The van der Waals surface area contributed by atoms with Crippen molar-refractivity contribution < 1.29 is 4.74 Å². The Labute approximate surface area is 124 Å². The van der Waals surface area contributed by atoms with E-state index in [0.29, 0.717) is 11.7 Å². The molecular weight excluding hydrogens is 270 g/mol. The summed E-state index contributed by atoms with van der Waals surface area (Å²) in [6.07, 6.45) is 1.73. The fraction of sp³-hybridized carbons (Fsp3) is 0.200. The quantitative estimate of drug-likeness (QED) is 0.841. The zero-order valence-electron chi connectivity index (χ0n) is 11.5. The summed E-state index contributed by atoms with van der Waals surface area (Å²) in [5.74, 6) is 1.61. The van der Waals surface area contributed by atoms with Gasteiger partial charge in [-0.1, -0.05) is 6.07 Å². The predicted octanol–water partition coefficient (Wildman–Crippen LogP) is 3.60. The van der Waals surface area contributed by atoms with E-state index in [1.165, 1.54) is 0 Å². The molecule has 0 fully saturated rings. The highest BCUT2D eigenvalue weighted by Gasteiger charge is 2.02. The third-order valence-electron chi connectivity index (χ3n) is 2.66. The van der Waals surface area contributed by atoms with Gasteiger partial charge in [-0.25, -0.2) is 4.98 Å². The Morgan fingerprint density at radius 1 is 1.20 bits per heavy atom. The molecular formula is C15H17N3OS. The Morgan fingerprint density at radius 3 is 2.60 bits per heavy atom. The largest absolute Gasteiger partial charge is 0.494 e. The van der Waals surface area contributed by atoms with Crippen molar-refractivity contribution in [3.63, 3.8) is 0 Å². The maximum atomic E-state index is 5.39. The average molecular weight is 287 g/mol. The lowest BCUT2D eigenvalue weighted by Crippen LogP contribution is -2.20. The monoisotopic (exact) mass is 287 g/mol. The van der Waals surface area contributed by atoms with Crippen molar-refractivity contribution >= 4 is 28.8 Å². The molecule has 0 unspecified atom stereocenters. The summed E-state index contributed by atoms with van der Waals surface area (Å²) in [5.41, 5.74) is 1.95. The molecule has 0 aliphatic rings. The number of rotatable bonds is 4. The summed E-state index contributed by atoms with van der Waals surface area (Å²) < 4.78 is 5.39. The highest BCUT2D eigenvalue weighted by Crippen LogP contribution is 2.16. The van der Waals surface area contributed by atoms with Crippen LogP contribution in [0.2, 0.25) is 0 Å². The van der Waals surface area contributed by atoms with Crippen LogP contribution in [0, 0.1) is 6.92 Å². The summed E-state index contributed by atoms with van der Waals surface area (Å²) >= 11 is 5.27. The summed E-state index contributed by atoms with van der Waals surface area (Å²) in [4.78, 5) is 4.24. The minimum atomic E-state index is 0.510. The second kappa shape index (κ2) is 6.86. The number of pyridine rings is 1. The SMILES string of the molecule is CCOc1ccc(NC(=S)Nc2ncccc2C)cc1. The van der Waals surface area contributed by atoms with Gasteiger partial charge in [0.25, 0.3) is 0 Å². The van der Waals surface area contributed by atoms with Crippen molar-refractivity contribution in [2.24, 2.45) is 0 Å². The van der Waals surface area contributed by atoms with Crippen LogP contribution in [0.15, 0.2) is 42.6 Å². The average Bonchev–Trinajstić information content (AvgIpc) is 2.44. The molecule has 0 spiro atoms. The van der Waals surface area contributed by atoms with Crippen molar-refractivity contribution in [2.45, 2.75) is 13.8 Å². The molecule has 104 valence electrons. The molecule has 0 aliphatic heterocycles. The van der Waals surface area contributed by atoms with Crippen LogP contribution in [-0.4, -0.2) is 16.7 Å². The summed E-state index contributed by atoms with van der Waals surface area (Å²) in [6, 6.07) is 11.5. The Kier molecular flexibility index (Phi) is 4.90. The summed E-state index contributed by atoms with van der Waals surface area (Å²) in [5, 5.41) is 6.70. The molecule has 2 rings (SSSR count). The lowest BCUT2D eigenvalue weighted by Gasteiger charge is -2.12. The Bertz CT molecular complexity index is 584. The highest BCUT2D eigenvalue weighted by molar-refractivity contribution is 7.80. The molecule has 4 nitrogen and oxygen atoms in total. The molecule has 1 aromatic carbocycles. The minimum Gasteiger partial charge on any atom is -0.494 e.